The van der Waals surface area contributed by atoms with Crippen molar-refractivity contribution < 1.29 is 19.4 Å². The smallest absolute Gasteiger partial charge is 0.271 e. The molecule has 1 saturated heterocycles. The van der Waals surface area contributed by atoms with E-state index in [9.17, 15) is 20.0 Å². The summed E-state index contributed by atoms with van der Waals surface area (Å²) in [6.07, 6.45) is 1.39. The van der Waals surface area contributed by atoms with Crippen molar-refractivity contribution in [1.82, 2.24) is 4.57 Å². The minimum absolute atomic E-state index is 0.0694. The lowest BCUT2D eigenvalue weighted by Crippen LogP contribution is -2.31. The van der Waals surface area contributed by atoms with Crippen LogP contribution >= 0.6 is 0 Å². The van der Waals surface area contributed by atoms with E-state index in [1.165, 1.54) is 6.92 Å². The zero-order chi connectivity index (χ0) is 19.4. The predicted molar refractivity (Wildman–Crippen MR) is 97.1 cm³/mol. The monoisotopic (exact) mass is 368 g/mol. The van der Waals surface area contributed by atoms with Gasteiger partial charge in [0.15, 0.2) is 6.61 Å². The topological polar surface area (TPSA) is 102 Å². The number of nitrogens with zero attached hydrogens (tertiary/aromatic N) is 2. The second kappa shape index (κ2) is 8.06. The van der Waals surface area contributed by atoms with Crippen molar-refractivity contribution in [1.29, 1.82) is 5.26 Å². The van der Waals surface area contributed by atoms with E-state index in [1.807, 2.05) is 12.1 Å². The maximum absolute atomic E-state index is 12.7. The molecule has 0 bridgehead atoms. The van der Waals surface area contributed by atoms with E-state index in [2.05, 4.69) is 0 Å². The number of aromatic hydroxyl groups is 1. The third kappa shape index (κ3) is 3.86. The number of ketones is 1. The molecule has 0 amide bonds. The molecule has 1 aliphatic rings. The predicted octanol–water partition coefficient (Wildman–Crippen LogP) is 2.17. The number of Topliss-reactive ketones (excluding diaryl/α,β-unsaturated/α-hetero) is 1. The van der Waals surface area contributed by atoms with Gasteiger partial charge in [-0.15, -0.1) is 0 Å². The van der Waals surface area contributed by atoms with E-state index in [0.29, 0.717) is 12.4 Å². The number of para-hydroxylation sites is 1. The highest BCUT2D eigenvalue weighted by molar-refractivity contribution is 6.01. The van der Waals surface area contributed by atoms with E-state index in [1.54, 1.807) is 24.3 Å². The molecule has 0 saturated carbocycles. The van der Waals surface area contributed by atoms with Crippen LogP contribution in [0.1, 0.15) is 34.3 Å². The number of pyridine rings is 1. The van der Waals surface area contributed by atoms with Gasteiger partial charge in [0, 0.05) is 6.61 Å². The number of carbonyl (C=O) groups is 1. The Bertz CT molecular complexity index is 938. The first-order chi connectivity index (χ1) is 13.0. The van der Waals surface area contributed by atoms with Crippen LogP contribution in [0, 0.1) is 18.3 Å². The van der Waals surface area contributed by atoms with Gasteiger partial charge in [0.25, 0.3) is 5.56 Å². The Hall–Kier alpha value is -3.11. The largest absolute Gasteiger partial charge is 0.494 e. The standard InChI is InChI=1S/C20H20N2O5/c1-13-16(10-21)19(24)22(11-15-8-5-9-26-15)20(25)18(13)17(23)12-27-14-6-3-2-4-7-14/h2-4,6-7,15,25H,5,8-9,11-12H2,1H3. The minimum Gasteiger partial charge on any atom is -0.494 e. The zero-order valence-electron chi connectivity index (χ0n) is 15.0. The Morgan fingerprint density at radius 1 is 1.41 bits per heavy atom. The molecule has 1 atom stereocenters. The highest BCUT2D eigenvalue weighted by Gasteiger charge is 2.26. The summed E-state index contributed by atoms with van der Waals surface area (Å²) in [5, 5.41) is 20.0. The Morgan fingerprint density at radius 3 is 2.78 bits per heavy atom. The van der Waals surface area contributed by atoms with Gasteiger partial charge in [0.1, 0.15) is 17.4 Å². The van der Waals surface area contributed by atoms with Crippen molar-refractivity contribution in [2.75, 3.05) is 13.2 Å². The molecule has 27 heavy (non-hydrogen) atoms. The quantitative estimate of drug-likeness (QED) is 0.784. The molecule has 1 aliphatic heterocycles. The van der Waals surface area contributed by atoms with Crippen LogP contribution in [0.2, 0.25) is 0 Å². The molecule has 7 heteroatoms. The van der Waals surface area contributed by atoms with Gasteiger partial charge in [-0.2, -0.15) is 5.26 Å². The molecule has 3 rings (SSSR count). The molecule has 2 aromatic rings. The summed E-state index contributed by atoms with van der Waals surface area (Å²) in [6.45, 7) is 1.85. The van der Waals surface area contributed by atoms with Crippen LogP contribution in [-0.4, -0.2) is 34.8 Å². The summed E-state index contributed by atoms with van der Waals surface area (Å²) in [5.41, 5.74) is -0.692. The number of benzene rings is 1. The summed E-state index contributed by atoms with van der Waals surface area (Å²) in [6, 6.07) is 10.6. The van der Waals surface area contributed by atoms with Crippen LogP contribution < -0.4 is 10.3 Å². The van der Waals surface area contributed by atoms with Gasteiger partial charge >= 0.3 is 0 Å². The molecular weight excluding hydrogens is 348 g/mol. The highest BCUT2D eigenvalue weighted by atomic mass is 16.5. The molecule has 0 spiro atoms. The lowest BCUT2D eigenvalue weighted by molar-refractivity contribution is 0.0894. The first-order valence-corrected chi connectivity index (χ1v) is 8.72. The third-order valence-electron chi connectivity index (χ3n) is 4.60. The summed E-state index contributed by atoms with van der Waals surface area (Å²) < 4.78 is 12.0. The van der Waals surface area contributed by atoms with E-state index >= 15 is 0 Å². The number of hydrogen-bond acceptors (Lipinski definition) is 6. The molecule has 1 fully saturated rings. The number of carbonyl (C=O) groups excluding carboxylic acids is 1. The first kappa shape index (κ1) is 18.7. The SMILES string of the molecule is Cc1c(C(=O)COc2ccccc2)c(O)n(CC2CCCO2)c(=O)c1C#N. The molecular formula is C20H20N2O5. The van der Waals surface area contributed by atoms with E-state index in [4.69, 9.17) is 9.47 Å². The molecule has 2 heterocycles. The number of nitriles is 1. The van der Waals surface area contributed by atoms with Gasteiger partial charge in [-0.1, -0.05) is 18.2 Å². The second-order valence-electron chi connectivity index (χ2n) is 6.39. The third-order valence-corrected chi connectivity index (χ3v) is 4.60. The summed E-state index contributed by atoms with van der Waals surface area (Å²) in [7, 11) is 0. The Balaban J connectivity index is 1.94. The Morgan fingerprint density at radius 2 is 2.15 bits per heavy atom. The molecule has 1 unspecified atom stereocenters. The van der Waals surface area contributed by atoms with Crippen LogP contribution in [-0.2, 0) is 11.3 Å². The summed E-state index contributed by atoms with van der Waals surface area (Å²) in [4.78, 5) is 25.3. The molecule has 1 N–H and O–H groups in total. The van der Waals surface area contributed by atoms with Crippen molar-refractivity contribution >= 4 is 5.78 Å². The number of ether oxygens (including phenoxy) is 2. The van der Waals surface area contributed by atoms with E-state index in [0.717, 1.165) is 17.4 Å². The van der Waals surface area contributed by atoms with Crippen molar-refractivity contribution in [3.8, 4) is 17.7 Å². The van der Waals surface area contributed by atoms with Crippen LogP contribution in [0.25, 0.3) is 0 Å². The van der Waals surface area contributed by atoms with Crippen LogP contribution in [0.3, 0.4) is 0 Å². The maximum atomic E-state index is 12.7. The zero-order valence-corrected chi connectivity index (χ0v) is 15.0. The van der Waals surface area contributed by atoms with Crippen LogP contribution in [0.4, 0.5) is 0 Å². The van der Waals surface area contributed by atoms with Gasteiger partial charge in [-0.3, -0.25) is 14.2 Å². The molecule has 0 radical (unpaired) electrons. The van der Waals surface area contributed by atoms with Crippen molar-refractivity contribution in [2.45, 2.75) is 32.4 Å². The summed E-state index contributed by atoms with van der Waals surface area (Å²) >= 11 is 0. The van der Waals surface area contributed by atoms with Gasteiger partial charge in [-0.05, 0) is 37.5 Å². The van der Waals surface area contributed by atoms with Gasteiger partial charge in [0.2, 0.25) is 11.7 Å². The lowest BCUT2D eigenvalue weighted by Gasteiger charge is -2.18. The first-order valence-electron chi connectivity index (χ1n) is 8.72. The molecule has 7 nitrogen and oxygen atoms in total. The summed E-state index contributed by atoms with van der Waals surface area (Å²) in [5.74, 6) is -0.448. The van der Waals surface area contributed by atoms with E-state index in [-0.39, 0.29) is 35.9 Å². The molecule has 140 valence electrons. The van der Waals surface area contributed by atoms with Crippen molar-refractivity contribution in [3.63, 3.8) is 0 Å². The second-order valence-corrected chi connectivity index (χ2v) is 6.39. The van der Waals surface area contributed by atoms with E-state index < -0.39 is 17.2 Å². The van der Waals surface area contributed by atoms with Crippen molar-refractivity contribution in [2.24, 2.45) is 0 Å². The fraction of sp³-hybridized carbons (Fsp3) is 0.350. The van der Waals surface area contributed by atoms with Crippen molar-refractivity contribution in [3.05, 3.63) is 57.4 Å². The van der Waals surface area contributed by atoms with Gasteiger partial charge in [-0.25, -0.2) is 0 Å². The van der Waals surface area contributed by atoms with Gasteiger partial charge < -0.3 is 14.6 Å². The van der Waals surface area contributed by atoms with Gasteiger partial charge in [0.05, 0.1) is 18.2 Å². The van der Waals surface area contributed by atoms with Crippen LogP contribution in [0.5, 0.6) is 11.6 Å². The Labute approximate surface area is 156 Å². The number of hydrogen-bond donors (Lipinski definition) is 1. The average Bonchev–Trinajstić information content (AvgIpc) is 3.18. The fourth-order valence-corrected chi connectivity index (χ4v) is 3.18. The molecule has 1 aromatic heterocycles. The minimum atomic E-state index is -0.622. The molecule has 0 aliphatic carbocycles. The molecule has 1 aromatic carbocycles. The van der Waals surface area contributed by atoms with Crippen LogP contribution in [0.15, 0.2) is 35.1 Å². The lowest BCUT2D eigenvalue weighted by atomic mass is 10.0. The average molecular weight is 368 g/mol. The number of aromatic nitrogens is 1. The number of rotatable bonds is 6. The fourth-order valence-electron chi connectivity index (χ4n) is 3.18. The maximum Gasteiger partial charge on any atom is 0.271 e. The highest BCUT2D eigenvalue weighted by Crippen LogP contribution is 2.24. The normalized spacial score (nSPS) is 16.1. The Kier molecular flexibility index (Phi) is 5.57.